The third kappa shape index (κ3) is 6.31. The average Bonchev–Trinajstić information content (AvgIpc) is 3.33. The van der Waals surface area contributed by atoms with Crippen LogP contribution in [0.5, 0.6) is 0 Å². The van der Waals surface area contributed by atoms with Crippen molar-refractivity contribution in [1.29, 1.82) is 0 Å². The van der Waals surface area contributed by atoms with E-state index in [0.29, 0.717) is 41.5 Å². The lowest BCUT2D eigenvalue weighted by Gasteiger charge is -2.25. The Kier molecular flexibility index (Phi) is 7.31. The minimum atomic E-state index is -4.37. The third-order valence-corrected chi connectivity index (χ3v) is 6.10. The number of alkyl halides is 3. The fourth-order valence-electron chi connectivity index (χ4n) is 4.05. The summed E-state index contributed by atoms with van der Waals surface area (Å²) in [5.41, 5.74) is 14.0. The largest absolute Gasteiger partial charge is 0.393 e. The number of rotatable bonds is 6. The molecule has 5 rings (SSSR count). The van der Waals surface area contributed by atoms with E-state index in [-0.39, 0.29) is 29.0 Å². The van der Waals surface area contributed by atoms with Gasteiger partial charge in [0.05, 0.1) is 19.3 Å². The van der Waals surface area contributed by atoms with E-state index in [4.69, 9.17) is 23.1 Å². The molecule has 0 spiro atoms. The number of amides is 1. The Bertz CT molecular complexity index is 1200. The molecule has 1 saturated carbocycles. The predicted octanol–water partition coefficient (Wildman–Crippen LogP) is 2.65. The van der Waals surface area contributed by atoms with Crippen LogP contribution in [-0.2, 0) is 17.8 Å². The van der Waals surface area contributed by atoms with Crippen LogP contribution in [0, 0.1) is 0 Å². The molecule has 13 heteroatoms. The van der Waals surface area contributed by atoms with Gasteiger partial charge in [0.2, 0.25) is 6.41 Å². The molecule has 1 atom stereocenters. The van der Waals surface area contributed by atoms with Crippen molar-refractivity contribution in [2.24, 2.45) is 5.73 Å². The van der Waals surface area contributed by atoms with Crippen LogP contribution < -0.4 is 21.7 Å². The van der Waals surface area contributed by atoms with Gasteiger partial charge in [-0.3, -0.25) is 4.79 Å². The van der Waals surface area contributed by atoms with E-state index in [1.807, 2.05) is 4.90 Å². The molecule has 1 unspecified atom stereocenters. The Morgan fingerprint density at radius 1 is 1.20 bits per heavy atom. The SMILES string of the molecule is Nc1ncnc2c1ncn2Cc1c(CC(F)(F)F)cc(Cl)cc1N1CCC(N)C1.O=CNC1CC1. The van der Waals surface area contributed by atoms with Gasteiger partial charge in [0.15, 0.2) is 11.5 Å². The number of hydrogen-bond acceptors (Lipinski definition) is 7. The third-order valence-electron chi connectivity index (χ3n) is 5.88. The maximum Gasteiger partial charge on any atom is 0.393 e. The van der Waals surface area contributed by atoms with E-state index in [1.54, 1.807) is 10.6 Å². The first-order chi connectivity index (χ1) is 16.6. The van der Waals surface area contributed by atoms with Gasteiger partial charge < -0.3 is 26.3 Å². The van der Waals surface area contributed by atoms with E-state index in [1.165, 1.54) is 31.6 Å². The molecule has 1 aromatic carbocycles. The molecule has 0 bridgehead atoms. The van der Waals surface area contributed by atoms with Crippen molar-refractivity contribution >= 4 is 40.7 Å². The highest BCUT2D eigenvalue weighted by Gasteiger charge is 2.31. The number of benzene rings is 1. The van der Waals surface area contributed by atoms with Gasteiger partial charge in [-0.15, -0.1) is 0 Å². The zero-order valence-electron chi connectivity index (χ0n) is 18.8. The van der Waals surface area contributed by atoms with Crippen molar-refractivity contribution in [2.75, 3.05) is 23.7 Å². The van der Waals surface area contributed by atoms with Gasteiger partial charge in [-0.2, -0.15) is 13.2 Å². The molecule has 2 aliphatic rings. The van der Waals surface area contributed by atoms with E-state index < -0.39 is 12.6 Å². The van der Waals surface area contributed by atoms with Gasteiger partial charge in [-0.05, 0) is 42.5 Å². The minimum absolute atomic E-state index is 0.0329. The van der Waals surface area contributed by atoms with Crippen molar-refractivity contribution in [3.05, 3.63) is 40.9 Å². The number of aromatic nitrogens is 4. The van der Waals surface area contributed by atoms with E-state index in [9.17, 15) is 18.0 Å². The number of anilines is 2. The summed E-state index contributed by atoms with van der Waals surface area (Å²) in [4.78, 5) is 23.8. The van der Waals surface area contributed by atoms with Gasteiger partial charge in [0.1, 0.15) is 11.8 Å². The summed E-state index contributed by atoms with van der Waals surface area (Å²) < 4.78 is 41.5. The minimum Gasteiger partial charge on any atom is -0.382 e. The van der Waals surface area contributed by atoms with Gasteiger partial charge >= 0.3 is 6.18 Å². The topological polar surface area (TPSA) is 128 Å². The molecule has 3 heterocycles. The molecule has 9 nitrogen and oxygen atoms in total. The zero-order chi connectivity index (χ0) is 25.2. The fourth-order valence-corrected chi connectivity index (χ4v) is 4.29. The average molecular weight is 511 g/mol. The van der Waals surface area contributed by atoms with Crippen LogP contribution in [0.15, 0.2) is 24.8 Å². The zero-order valence-corrected chi connectivity index (χ0v) is 19.6. The number of nitrogens with one attached hydrogen (secondary N) is 1. The van der Waals surface area contributed by atoms with E-state index >= 15 is 0 Å². The number of nitrogen functional groups attached to an aromatic ring is 1. The number of carbonyl (C=O) groups excluding carboxylic acids is 1. The van der Waals surface area contributed by atoms with Crippen LogP contribution in [0.25, 0.3) is 11.2 Å². The van der Waals surface area contributed by atoms with Gasteiger partial charge in [0.25, 0.3) is 0 Å². The Morgan fingerprint density at radius 3 is 2.57 bits per heavy atom. The Morgan fingerprint density at radius 2 is 1.97 bits per heavy atom. The molecule has 2 aromatic heterocycles. The fraction of sp³-hybridized carbons (Fsp3) is 0.455. The van der Waals surface area contributed by atoms with Crippen molar-refractivity contribution in [3.8, 4) is 0 Å². The van der Waals surface area contributed by atoms with Crippen LogP contribution in [0.4, 0.5) is 24.7 Å². The summed E-state index contributed by atoms with van der Waals surface area (Å²) in [7, 11) is 0. The maximum atomic E-state index is 13.3. The lowest BCUT2D eigenvalue weighted by Crippen LogP contribution is -2.28. The van der Waals surface area contributed by atoms with Gasteiger partial charge in [-0.25, -0.2) is 15.0 Å². The number of hydrogen-bond donors (Lipinski definition) is 3. The summed E-state index contributed by atoms with van der Waals surface area (Å²) >= 11 is 6.18. The van der Waals surface area contributed by atoms with Crippen molar-refractivity contribution in [3.63, 3.8) is 0 Å². The highest BCUT2D eigenvalue weighted by molar-refractivity contribution is 6.31. The van der Waals surface area contributed by atoms with E-state index in [2.05, 4.69) is 20.3 Å². The standard InChI is InChI=1S/C18H19ClF3N7.C4H7NO/c19-11-3-10(5-18(20,21)22)13(14(4-11)28-2-1-12(23)6-28)7-29-9-27-15-16(24)25-8-26-17(15)29;6-3-5-4-1-2-4/h3-4,8-9,12H,1-2,5-7,23H2,(H2,24,25,26);3-4H,1-2H2,(H,5,6). The monoisotopic (exact) mass is 510 g/mol. The van der Waals surface area contributed by atoms with Crippen LogP contribution >= 0.6 is 11.6 Å². The molecular weight excluding hydrogens is 485 g/mol. The molecule has 2 fully saturated rings. The first-order valence-corrected chi connectivity index (χ1v) is 11.5. The molecule has 1 saturated heterocycles. The summed E-state index contributed by atoms with van der Waals surface area (Å²) in [6.45, 7) is 1.34. The number of carbonyl (C=O) groups is 1. The lowest BCUT2D eigenvalue weighted by molar-refractivity contribution is -0.127. The molecule has 5 N–H and O–H groups in total. The number of nitrogens with two attached hydrogens (primary N) is 2. The molecule has 1 aliphatic heterocycles. The Hall–Kier alpha value is -3.12. The first-order valence-electron chi connectivity index (χ1n) is 11.1. The van der Waals surface area contributed by atoms with Gasteiger partial charge in [-0.1, -0.05) is 11.6 Å². The second kappa shape index (κ2) is 10.2. The molecule has 188 valence electrons. The number of nitrogens with zero attached hydrogens (tertiary/aromatic N) is 5. The Labute approximate surface area is 204 Å². The molecule has 3 aromatic rings. The second-order valence-corrected chi connectivity index (χ2v) is 9.15. The molecule has 0 radical (unpaired) electrons. The van der Waals surface area contributed by atoms with Crippen LogP contribution in [0.3, 0.4) is 0 Å². The summed E-state index contributed by atoms with van der Waals surface area (Å²) in [5.74, 6) is 0.214. The van der Waals surface area contributed by atoms with Crippen molar-refractivity contribution < 1.29 is 18.0 Å². The summed E-state index contributed by atoms with van der Waals surface area (Å²) in [6.07, 6.45) is 1.23. The lowest BCUT2D eigenvalue weighted by atomic mass is 10.0. The van der Waals surface area contributed by atoms with Crippen molar-refractivity contribution in [2.45, 2.75) is 50.5 Å². The maximum absolute atomic E-state index is 13.3. The highest BCUT2D eigenvalue weighted by atomic mass is 35.5. The second-order valence-electron chi connectivity index (χ2n) is 8.71. The van der Waals surface area contributed by atoms with Gasteiger partial charge in [0, 0.05) is 35.9 Å². The van der Waals surface area contributed by atoms with Crippen LogP contribution in [-0.4, -0.2) is 57.3 Å². The number of imidazole rings is 1. The number of fused-ring (bicyclic) bond motifs is 1. The number of halogens is 4. The quantitative estimate of drug-likeness (QED) is 0.435. The molecule has 1 aliphatic carbocycles. The first kappa shape index (κ1) is 25.0. The Balaban J connectivity index is 0.000000421. The summed E-state index contributed by atoms with van der Waals surface area (Å²) in [6, 6.07) is 3.56. The summed E-state index contributed by atoms with van der Waals surface area (Å²) in [5, 5.41) is 2.89. The predicted molar refractivity (Wildman–Crippen MR) is 127 cm³/mol. The van der Waals surface area contributed by atoms with Crippen LogP contribution in [0.1, 0.15) is 30.4 Å². The molecule has 35 heavy (non-hydrogen) atoms. The highest BCUT2D eigenvalue weighted by Crippen LogP contribution is 2.35. The molecular formula is C22H26ClF3N8O. The van der Waals surface area contributed by atoms with Crippen LogP contribution in [0.2, 0.25) is 5.02 Å². The smallest absolute Gasteiger partial charge is 0.382 e. The normalized spacial score (nSPS) is 17.9. The van der Waals surface area contributed by atoms with Crippen molar-refractivity contribution in [1.82, 2.24) is 24.8 Å². The molecule has 1 amide bonds. The van der Waals surface area contributed by atoms with E-state index in [0.717, 1.165) is 12.8 Å².